The third kappa shape index (κ3) is 3.47. The van der Waals surface area contributed by atoms with E-state index in [1.54, 1.807) is 0 Å². The van der Waals surface area contributed by atoms with E-state index in [-0.39, 0.29) is 5.92 Å². The largest absolute Gasteiger partial charge is 0.378 e. The maximum atomic E-state index is 11.4. The standard InChI is InChI=1S/C18H21NO/c1-14-4-8-16(9-5-14)17(13-20)12-15-6-10-18(11-7-15)19(2)3/h4-11,13,17H,12H2,1-3H3. The second-order valence-corrected chi connectivity index (χ2v) is 5.42. The van der Waals surface area contributed by atoms with Gasteiger partial charge in [0.1, 0.15) is 6.29 Å². The molecule has 0 aromatic heterocycles. The molecule has 1 unspecified atom stereocenters. The van der Waals surface area contributed by atoms with Gasteiger partial charge in [-0.25, -0.2) is 0 Å². The molecule has 0 fully saturated rings. The third-order valence-electron chi connectivity index (χ3n) is 3.58. The molecular formula is C18H21NO. The van der Waals surface area contributed by atoms with Crippen molar-refractivity contribution in [3.05, 3.63) is 65.2 Å². The van der Waals surface area contributed by atoms with Crippen LogP contribution in [-0.4, -0.2) is 20.4 Å². The summed E-state index contributed by atoms with van der Waals surface area (Å²) in [5.41, 5.74) is 4.66. The number of hydrogen-bond acceptors (Lipinski definition) is 2. The van der Waals surface area contributed by atoms with Crippen LogP contribution < -0.4 is 4.90 Å². The molecule has 0 spiro atoms. The van der Waals surface area contributed by atoms with Crippen LogP contribution in [0.4, 0.5) is 5.69 Å². The van der Waals surface area contributed by atoms with Crippen LogP contribution in [0.2, 0.25) is 0 Å². The lowest BCUT2D eigenvalue weighted by atomic mass is 9.92. The Hall–Kier alpha value is -2.09. The molecule has 0 amide bonds. The Labute approximate surface area is 121 Å². The quantitative estimate of drug-likeness (QED) is 0.772. The number of carbonyl (C=O) groups excluding carboxylic acids is 1. The smallest absolute Gasteiger partial charge is 0.127 e. The molecule has 2 nitrogen and oxygen atoms in total. The summed E-state index contributed by atoms with van der Waals surface area (Å²) in [6, 6.07) is 16.6. The summed E-state index contributed by atoms with van der Waals surface area (Å²) >= 11 is 0. The Kier molecular flexibility index (Phi) is 4.57. The molecule has 2 heteroatoms. The third-order valence-corrected chi connectivity index (χ3v) is 3.58. The number of carbonyl (C=O) groups is 1. The molecule has 2 aromatic rings. The van der Waals surface area contributed by atoms with Gasteiger partial charge < -0.3 is 9.69 Å². The minimum absolute atomic E-state index is 0.0687. The lowest BCUT2D eigenvalue weighted by Crippen LogP contribution is -2.09. The first-order valence-electron chi connectivity index (χ1n) is 6.88. The van der Waals surface area contributed by atoms with E-state index in [4.69, 9.17) is 0 Å². The van der Waals surface area contributed by atoms with Crippen molar-refractivity contribution in [1.82, 2.24) is 0 Å². The zero-order valence-electron chi connectivity index (χ0n) is 12.3. The molecular weight excluding hydrogens is 246 g/mol. The predicted molar refractivity (Wildman–Crippen MR) is 84.5 cm³/mol. The van der Waals surface area contributed by atoms with Gasteiger partial charge in [0.25, 0.3) is 0 Å². The van der Waals surface area contributed by atoms with Gasteiger partial charge in [0.15, 0.2) is 0 Å². The number of nitrogens with zero attached hydrogens (tertiary/aromatic N) is 1. The van der Waals surface area contributed by atoms with Crippen molar-refractivity contribution in [2.45, 2.75) is 19.3 Å². The Morgan fingerprint density at radius 3 is 2.10 bits per heavy atom. The van der Waals surface area contributed by atoms with E-state index in [1.807, 2.05) is 26.2 Å². The molecule has 0 aliphatic heterocycles. The number of aryl methyl sites for hydroxylation is 1. The minimum atomic E-state index is -0.0687. The van der Waals surface area contributed by atoms with E-state index in [0.29, 0.717) is 0 Å². The van der Waals surface area contributed by atoms with Gasteiger partial charge in [0.2, 0.25) is 0 Å². The van der Waals surface area contributed by atoms with Gasteiger partial charge in [-0.1, -0.05) is 42.0 Å². The maximum absolute atomic E-state index is 11.4. The van der Waals surface area contributed by atoms with Crippen LogP contribution in [0.5, 0.6) is 0 Å². The molecule has 0 N–H and O–H groups in total. The number of rotatable bonds is 5. The first-order valence-corrected chi connectivity index (χ1v) is 6.88. The summed E-state index contributed by atoms with van der Waals surface area (Å²) in [5, 5.41) is 0. The molecule has 0 bridgehead atoms. The highest BCUT2D eigenvalue weighted by atomic mass is 16.1. The number of aldehydes is 1. The van der Waals surface area contributed by atoms with E-state index in [2.05, 4.69) is 48.2 Å². The average molecular weight is 267 g/mol. The summed E-state index contributed by atoms with van der Waals surface area (Å²) in [6.45, 7) is 2.06. The topological polar surface area (TPSA) is 20.3 Å². The van der Waals surface area contributed by atoms with Crippen molar-refractivity contribution in [1.29, 1.82) is 0 Å². The van der Waals surface area contributed by atoms with Gasteiger partial charge >= 0.3 is 0 Å². The normalized spacial score (nSPS) is 11.9. The Bertz CT molecular complexity index is 555. The molecule has 0 heterocycles. The van der Waals surface area contributed by atoms with E-state index < -0.39 is 0 Å². The first kappa shape index (κ1) is 14.3. The Morgan fingerprint density at radius 1 is 1.00 bits per heavy atom. The monoisotopic (exact) mass is 267 g/mol. The molecule has 1 atom stereocenters. The highest BCUT2D eigenvalue weighted by Gasteiger charge is 2.11. The summed E-state index contributed by atoms with van der Waals surface area (Å²) in [7, 11) is 4.05. The van der Waals surface area contributed by atoms with Crippen molar-refractivity contribution >= 4 is 12.0 Å². The summed E-state index contributed by atoms with van der Waals surface area (Å²) in [5.74, 6) is -0.0687. The second-order valence-electron chi connectivity index (χ2n) is 5.42. The SMILES string of the molecule is Cc1ccc(C(C=O)Cc2ccc(N(C)C)cc2)cc1. The molecule has 2 aromatic carbocycles. The van der Waals surface area contributed by atoms with Crippen molar-refractivity contribution in [2.24, 2.45) is 0 Å². The highest BCUT2D eigenvalue weighted by molar-refractivity contribution is 5.63. The van der Waals surface area contributed by atoms with Gasteiger partial charge in [-0.2, -0.15) is 0 Å². The van der Waals surface area contributed by atoms with Crippen LogP contribution in [0.25, 0.3) is 0 Å². The van der Waals surface area contributed by atoms with Gasteiger partial charge in [-0.15, -0.1) is 0 Å². The molecule has 104 valence electrons. The summed E-state index contributed by atoms with van der Waals surface area (Å²) in [4.78, 5) is 13.4. The fourth-order valence-corrected chi connectivity index (χ4v) is 2.24. The van der Waals surface area contributed by atoms with Crippen LogP contribution in [0.1, 0.15) is 22.6 Å². The van der Waals surface area contributed by atoms with Crippen molar-refractivity contribution in [3.8, 4) is 0 Å². The zero-order valence-corrected chi connectivity index (χ0v) is 12.3. The van der Waals surface area contributed by atoms with Gasteiger partial charge in [-0.05, 0) is 36.6 Å². The van der Waals surface area contributed by atoms with E-state index >= 15 is 0 Å². The molecule has 0 radical (unpaired) electrons. The molecule has 2 rings (SSSR count). The van der Waals surface area contributed by atoms with Crippen LogP contribution in [0, 0.1) is 6.92 Å². The number of hydrogen-bond donors (Lipinski definition) is 0. The molecule has 0 saturated carbocycles. The minimum Gasteiger partial charge on any atom is -0.378 e. The van der Waals surface area contributed by atoms with E-state index in [0.717, 1.165) is 18.3 Å². The maximum Gasteiger partial charge on any atom is 0.127 e. The molecule has 0 aliphatic rings. The van der Waals surface area contributed by atoms with Crippen molar-refractivity contribution < 1.29 is 4.79 Å². The van der Waals surface area contributed by atoms with E-state index in [1.165, 1.54) is 16.8 Å². The fraction of sp³-hybridized carbons (Fsp3) is 0.278. The number of anilines is 1. The molecule has 0 saturated heterocycles. The average Bonchev–Trinajstić information content (AvgIpc) is 2.46. The lowest BCUT2D eigenvalue weighted by Gasteiger charge is -2.14. The lowest BCUT2D eigenvalue weighted by molar-refractivity contribution is -0.109. The van der Waals surface area contributed by atoms with Crippen LogP contribution in [0.3, 0.4) is 0 Å². The summed E-state index contributed by atoms with van der Waals surface area (Å²) < 4.78 is 0. The first-order chi connectivity index (χ1) is 9.60. The Morgan fingerprint density at radius 2 is 1.60 bits per heavy atom. The summed E-state index contributed by atoms with van der Waals surface area (Å²) in [6.07, 6.45) is 1.80. The van der Waals surface area contributed by atoms with Crippen LogP contribution in [-0.2, 0) is 11.2 Å². The highest BCUT2D eigenvalue weighted by Crippen LogP contribution is 2.21. The van der Waals surface area contributed by atoms with E-state index in [9.17, 15) is 4.79 Å². The fourth-order valence-electron chi connectivity index (χ4n) is 2.24. The van der Waals surface area contributed by atoms with Crippen LogP contribution >= 0.6 is 0 Å². The molecule has 20 heavy (non-hydrogen) atoms. The number of benzene rings is 2. The molecule has 0 aliphatic carbocycles. The van der Waals surface area contributed by atoms with Gasteiger partial charge in [0, 0.05) is 25.7 Å². The van der Waals surface area contributed by atoms with Gasteiger partial charge in [-0.3, -0.25) is 0 Å². The van der Waals surface area contributed by atoms with Crippen molar-refractivity contribution in [2.75, 3.05) is 19.0 Å². The van der Waals surface area contributed by atoms with Crippen LogP contribution in [0.15, 0.2) is 48.5 Å². The Balaban J connectivity index is 2.13. The zero-order chi connectivity index (χ0) is 14.5. The second kappa shape index (κ2) is 6.38. The van der Waals surface area contributed by atoms with Crippen molar-refractivity contribution in [3.63, 3.8) is 0 Å². The predicted octanol–water partition coefficient (Wildman–Crippen LogP) is 3.59. The van der Waals surface area contributed by atoms with Gasteiger partial charge in [0.05, 0.1) is 0 Å².